The molecule has 13 heteroatoms. The highest BCUT2D eigenvalue weighted by Crippen LogP contribution is 2.31. The predicted molar refractivity (Wildman–Crippen MR) is 121 cm³/mol. The Balaban J connectivity index is 1.61. The van der Waals surface area contributed by atoms with E-state index in [4.69, 9.17) is 5.11 Å². The van der Waals surface area contributed by atoms with Crippen LogP contribution in [0.3, 0.4) is 0 Å². The fourth-order valence-electron chi connectivity index (χ4n) is 3.64. The number of nitrogens with zero attached hydrogens (tertiary/aromatic N) is 2. The van der Waals surface area contributed by atoms with Crippen LogP contribution < -0.4 is 10.6 Å². The minimum absolute atomic E-state index is 0.0400. The summed E-state index contributed by atoms with van der Waals surface area (Å²) >= 11 is 0.855. The van der Waals surface area contributed by atoms with E-state index in [1.165, 1.54) is 5.38 Å². The minimum Gasteiger partial charge on any atom is -0.476 e. The van der Waals surface area contributed by atoms with Crippen LogP contribution in [-0.2, 0) is 22.2 Å². The Bertz CT molecular complexity index is 1310. The molecule has 2 aromatic carbocycles. The van der Waals surface area contributed by atoms with Crippen LogP contribution in [0.5, 0.6) is 0 Å². The van der Waals surface area contributed by atoms with Gasteiger partial charge in [-0.25, -0.2) is 19.5 Å². The Hall–Kier alpha value is -4.26. The molecule has 4 amide bonds. The van der Waals surface area contributed by atoms with Gasteiger partial charge in [0.2, 0.25) is 5.91 Å². The number of halogens is 3. The van der Waals surface area contributed by atoms with E-state index < -0.39 is 47.6 Å². The molecule has 2 heterocycles. The molecule has 0 bridgehead atoms. The van der Waals surface area contributed by atoms with Crippen molar-refractivity contribution in [3.05, 3.63) is 82.4 Å². The number of amides is 4. The predicted octanol–water partition coefficient (Wildman–Crippen LogP) is 3.70. The average Bonchev–Trinajstić information content (AvgIpc) is 3.42. The summed E-state index contributed by atoms with van der Waals surface area (Å²) in [7, 11) is 0. The number of hydrogen-bond acceptors (Lipinski definition) is 6. The van der Waals surface area contributed by atoms with Crippen molar-refractivity contribution in [3.8, 4) is 0 Å². The first-order valence-electron chi connectivity index (χ1n) is 10.4. The molecule has 0 saturated carbocycles. The van der Waals surface area contributed by atoms with Gasteiger partial charge in [0.25, 0.3) is 5.91 Å². The molecule has 1 aromatic heterocycles. The van der Waals surface area contributed by atoms with Crippen molar-refractivity contribution in [2.45, 2.75) is 24.7 Å². The quantitative estimate of drug-likeness (QED) is 0.409. The zero-order valence-electron chi connectivity index (χ0n) is 18.2. The highest BCUT2D eigenvalue weighted by atomic mass is 32.1. The van der Waals surface area contributed by atoms with Crippen LogP contribution in [0.4, 0.5) is 23.1 Å². The van der Waals surface area contributed by atoms with Crippen LogP contribution in [0.2, 0.25) is 0 Å². The number of urea groups is 1. The van der Waals surface area contributed by atoms with Crippen LogP contribution in [0.25, 0.3) is 0 Å². The molecule has 0 aliphatic carbocycles. The largest absolute Gasteiger partial charge is 0.476 e. The second-order valence-electron chi connectivity index (χ2n) is 7.75. The monoisotopic (exact) mass is 518 g/mol. The first kappa shape index (κ1) is 24.9. The molecule has 3 N–H and O–H groups in total. The molecule has 2 unspecified atom stereocenters. The number of anilines is 1. The average molecular weight is 518 g/mol. The van der Waals surface area contributed by atoms with E-state index in [1.54, 1.807) is 30.3 Å². The molecular weight excluding hydrogens is 501 g/mol. The lowest BCUT2D eigenvalue weighted by Crippen LogP contribution is -2.49. The number of thiazole rings is 1. The number of aromatic carboxylic acids is 1. The minimum atomic E-state index is -4.57. The Morgan fingerprint density at radius 2 is 1.78 bits per heavy atom. The summed E-state index contributed by atoms with van der Waals surface area (Å²) in [5, 5.41) is 15.1. The van der Waals surface area contributed by atoms with E-state index >= 15 is 0 Å². The maximum absolute atomic E-state index is 13.2. The molecule has 36 heavy (non-hydrogen) atoms. The lowest BCUT2D eigenvalue weighted by Gasteiger charge is -2.24. The topological polar surface area (TPSA) is 129 Å². The first-order valence-corrected chi connectivity index (χ1v) is 11.3. The van der Waals surface area contributed by atoms with Crippen LogP contribution >= 0.6 is 11.3 Å². The summed E-state index contributed by atoms with van der Waals surface area (Å²) in [4.78, 5) is 54.8. The highest BCUT2D eigenvalue weighted by molar-refractivity contribution is 7.14. The molecule has 1 aliphatic heterocycles. The number of nitrogens with one attached hydrogen (secondary N) is 2. The fourth-order valence-corrected chi connectivity index (χ4v) is 4.32. The van der Waals surface area contributed by atoms with Crippen molar-refractivity contribution in [3.63, 3.8) is 0 Å². The van der Waals surface area contributed by atoms with Gasteiger partial charge in [-0.3, -0.25) is 9.59 Å². The van der Waals surface area contributed by atoms with Crippen molar-refractivity contribution in [1.82, 2.24) is 15.2 Å². The van der Waals surface area contributed by atoms with E-state index in [0.29, 0.717) is 5.56 Å². The molecule has 1 aliphatic rings. The van der Waals surface area contributed by atoms with E-state index in [2.05, 4.69) is 15.6 Å². The third-order valence-electron chi connectivity index (χ3n) is 5.38. The highest BCUT2D eigenvalue weighted by Gasteiger charge is 2.45. The molecule has 0 spiro atoms. The van der Waals surface area contributed by atoms with Crippen LogP contribution in [-0.4, -0.2) is 44.8 Å². The summed E-state index contributed by atoms with van der Waals surface area (Å²) in [6, 6.07) is 8.79. The lowest BCUT2D eigenvalue weighted by molar-refractivity contribution is -0.137. The Morgan fingerprint density at radius 1 is 1.11 bits per heavy atom. The molecule has 2 atom stereocenters. The Kier molecular flexibility index (Phi) is 6.75. The number of aromatic nitrogens is 1. The van der Waals surface area contributed by atoms with E-state index in [0.717, 1.165) is 40.5 Å². The van der Waals surface area contributed by atoms with Crippen molar-refractivity contribution in [1.29, 1.82) is 0 Å². The van der Waals surface area contributed by atoms with E-state index in [1.807, 2.05) is 0 Å². The number of rotatable bonds is 7. The van der Waals surface area contributed by atoms with Gasteiger partial charge in [-0.15, -0.1) is 11.3 Å². The second-order valence-corrected chi connectivity index (χ2v) is 8.61. The van der Waals surface area contributed by atoms with Gasteiger partial charge in [-0.1, -0.05) is 42.5 Å². The van der Waals surface area contributed by atoms with Crippen LogP contribution in [0, 0.1) is 0 Å². The Labute approximate surface area is 205 Å². The number of carbonyl (C=O) groups is 4. The fraction of sp³-hybridized carbons (Fsp3) is 0.174. The number of carboxylic acid groups (broad SMARTS) is 1. The molecular formula is C23H17F3N4O5S. The maximum atomic E-state index is 13.2. The van der Waals surface area contributed by atoms with Crippen molar-refractivity contribution in [2.24, 2.45) is 0 Å². The number of hydrogen-bond donors (Lipinski definition) is 3. The third-order valence-corrected chi connectivity index (χ3v) is 6.14. The van der Waals surface area contributed by atoms with Gasteiger partial charge in [-0.05, 0) is 23.3 Å². The zero-order valence-corrected chi connectivity index (χ0v) is 19.0. The normalized spacial score (nSPS) is 16.5. The standard InChI is InChI=1S/C23H17F3N4O5S/c24-23(25,26)14-8-6-13(7-9-14)17-19(32)30(22(35)28-17)16(10-12-4-2-1-3-5-12)18(31)29-21-27-15(11-36-21)20(33)34/h1-9,11,16-17H,10H2,(H,28,35)(H,33,34)(H,27,29,31). The van der Waals surface area contributed by atoms with Gasteiger partial charge < -0.3 is 15.7 Å². The van der Waals surface area contributed by atoms with Crippen molar-refractivity contribution < 1.29 is 37.5 Å². The number of benzene rings is 2. The molecule has 0 radical (unpaired) electrons. The number of carboxylic acids is 1. The van der Waals surface area contributed by atoms with Gasteiger partial charge in [0.15, 0.2) is 10.8 Å². The second kappa shape index (κ2) is 9.77. The summed E-state index contributed by atoms with van der Waals surface area (Å²) in [5.41, 5.74) is -0.451. The van der Waals surface area contributed by atoms with Crippen LogP contribution in [0.15, 0.2) is 60.0 Å². The first-order chi connectivity index (χ1) is 17.0. The number of imide groups is 1. The smallest absolute Gasteiger partial charge is 0.416 e. The van der Waals surface area contributed by atoms with E-state index in [-0.39, 0.29) is 22.8 Å². The zero-order chi connectivity index (χ0) is 26.0. The van der Waals surface area contributed by atoms with Crippen LogP contribution in [0.1, 0.15) is 33.2 Å². The molecule has 3 aromatic rings. The molecule has 1 saturated heterocycles. The Morgan fingerprint density at radius 3 is 2.36 bits per heavy atom. The molecule has 186 valence electrons. The SMILES string of the molecule is O=C(O)c1csc(NC(=O)C(Cc2ccccc2)N2C(=O)NC(c3ccc(C(F)(F)F)cc3)C2=O)n1. The van der Waals surface area contributed by atoms with Gasteiger partial charge >= 0.3 is 18.2 Å². The lowest BCUT2D eigenvalue weighted by atomic mass is 10.0. The van der Waals surface area contributed by atoms with Gasteiger partial charge in [0, 0.05) is 11.8 Å². The van der Waals surface area contributed by atoms with Crippen molar-refractivity contribution >= 4 is 40.3 Å². The van der Waals surface area contributed by atoms with Gasteiger partial charge in [0.1, 0.15) is 12.1 Å². The molecule has 1 fully saturated rings. The van der Waals surface area contributed by atoms with E-state index in [9.17, 15) is 32.3 Å². The van der Waals surface area contributed by atoms with Gasteiger partial charge in [-0.2, -0.15) is 13.2 Å². The summed E-state index contributed by atoms with van der Waals surface area (Å²) < 4.78 is 38.7. The maximum Gasteiger partial charge on any atom is 0.416 e. The summed E-state index contributed by atoms with van der Waals surface area (Å²) in [6.45, 7) is 0. The van der Waals surface area contributed by atoms with Crippen molar-refractivity contribution in [2.75, 3.05) is 5.32 Å². The third kappa shape index (κ3) is 5.20. The van der Waals surface area contributed by atoms with Gasteiger partial charge in [0.05, 0.1) is 5.56 Å². The molecule has 9 nitrogen and oxygen atoms in total. The number of alkyl halides is 3. The summed E-state index contributed by atoms with van der Waals surface area (Å²) in [5.74, 6) is -2.90. The molecule has 4 rings (SSSR count). The summed E-state index contributed by atoms with van der Waals surface area (Å²) in [6.07, 6.45) is -4.63. The number of carbonyl (C=O) groups excluding carboxylic acids is 3.